The van der Waals surface area contributed by atoms with E-state index in [2.05, 4.69) is 10.3 Å². The van der Waals surface area contributed by atoms with Crippen LogP contribution in [0.25, 0.3) is 0 Å². The minimum absolute atomic E-state index is 0.0189. The highest BCUT2D eigenvalue weighted by Crippen LogP contribution is 2.10. The molecule has 6 heteroatoms. The lowest BCUT2D eigenvalue weighted by atomic mass is 10.2. The fourth-order valence-corrected chi connectivity index (χ4v) is 2.40. The molecular weight excluding hydrogens is 244 g/mol. The monoisotopic (exact) mass is 266 g/mol. The lowest BCUT2D eigenvalue weighted by Gasteiger charge is -2.35. The molecule has 2 amide bonds. The number of amides is 2. The van der Waals surface area contributed by atoms with Crippen molar-refractivity contribution in [2.45, 2.75) is 45.6 Å². The van der Waals surface area contributed by atoms with Crippen LogP contribution in [0.2, 0.25) is 0 Å². The van der Waals surface area contributed by atoms with Crippen molar-refractivity contribution >= 4 is 6.03 Å². The molecule has 2 rings (SSSR count). The van der Waals surface area contributed by atoms with Crippen molar-refractivity contribution in [3.8, 4) is 0 Å². The second-order valence-corrected chi connectivity index (χ2v) is 5.27. The summed E-state index contributed by atoms with van der Waals surface area (Å²) >= 11 is 0. The number of aromatic nitrogens is 2. The van der Waals surface area contributed by atoms with Gasteiger partial charge in [0.05, 0.1) is 18.5 Å². The van der Waals surface area contributed by atoms with Crippen molar-refractivity contribution < 1.29 is 9.53 Å². The largest absolute Gasteiger partial charge is 0.372 e. The molecule has 1 N–H and O–H groups in total. The van der Waals surface area contributed by atoms with E-state index in [1.807, 2.05) is 36.4 Å². The normalized spacial score (nSPS) is 25.1. The molecule has 2 heterocycles. The van der Waals surface area contributed by atoms with Gasteiger partial charge in [-0.25, -0.2) is 9.78 Å². The Morgan fingerprint density at radius 2 is 2.16 bits per heavy atom. The summed E-state index contributed by atoms with van der Waals surface area (Å²) in [4.78, 5) is 18.0. The number of hydrogen-bond acceptors (Lipinski definition) is 3. The molecule has 19 heavy (non-hydrogen) atoms. The Balaban J connectivity index is 1.82. The number of nitrogens with one attached hydrogen (secondary N) is 1. The van der Waals surface area contributed by atoms with Crippen LogP contribution in [0.1, 0.15) is 20.8 Å². The van der Waals surface area contributed by atoms with Gasteiger partial charge < -0.3 is 19.5 Å². The second-order valence-electron chi connectivity index (χ2n) is 5.27. The van der Waals surface area contributed by atoms with Crippen molar-refractivity contribution in [1.82, 2.24) is 19.8 Å². The standard InChI is InChI=1S/C13H22N4O2/c1-10(6-16-5-4-14-9-16)15-13(18)17-7-11(2)19-12(3)8-17/h4-5,9-12H,6-8H2,1-3H3,(H,15,18)/t10-,11-,12+/m1/s1. The summed E-state index contributed by atoms with van der Waals surface area (Å²) in [6.45, 7) is 7.99. The van der Waals surface area contributed by atoms with Gasteiger partial charge in [-0.3, -0.25) is 0 Å². The topological polar surface area (TPSA) is 59.4 Å². The number of ether oxygens (including phenoxy) is 1. The predicted octanol–water partition coefficient (Wildman–Crippen LogP) is 1.09. The Morgan fingerprint density at radius 1 is 1.47 bits per heavy atom. The molecule has 0 radical (unpaired) electrons. The van der Waals surface area contributed by atoms with Gasteiger partial charge in [0.25, 0.3) is 0 Å². The molecular formula is C13H22N4O2. The average Bonchev–Trinajstić information content (AvgIpc) is 2.80. The minimum atomic E-state index is -0.0189. The molecule has 0 saturated carbocycles. The number of rotatable bonds is 3. The zero-order valence-corrected chi connectivity index (χ0v) is 11.7. The first-order chi connectivity index (χ1) is 9.04. The van der Waals surface area contributed by atoms with E-state index >= 15 is 0 Å². The highest BCUT2D eigenvalue weighted by Gasteiger charge is 2.26. The lowest BCUT2D eigenvalue weighted by Crippen LogP contribution is -2.53. The van der Waals surface area contributed by atoms with Crippen molar-refractivity contribution in [1.29, 1.82) is 0 Å². The molecule has 1 aliphatic heterocycles. The van der Waals surface area contributed by atoms with E-state index in [4.69, 9.17) is 4.74 Å². The second kappa shape index (κ2) is 6.06. The van der Waals surface area contributed by atoms with Gasteiger partial charge in [0.2, 0.25) is 0 Å². The van der Waals surface area contributed by atoms with Crippen molar-refractivity contribution in [2.75, 3.05) is 13.1 Å². The zero-order chi connectivity index (χ0) is 13.8. The number of imidazole rings is 1. The minimum Gasteiger partial charge on any atom is -0.372 e. The van der Waals surface area contributed by atoms with E-state index < -0.39 is 0 Å². The summed E-state index contributed by atoms with van der Waals surface area (Å²) in [5, 5.41) is 3.01. The van der Waals surface area contributed by atoms with Crippen molar-refractivity contribution in [2.24, 2.45) is 0 Å². The van der Waals surface area contributed by atoms with Gasteiger partial charge in [-0.15, -0.1) is 0 Å². The van der Waals surface area contributed by atoms with Gasteiger partial charge in [0.15, 0.2) is 0 Å². The van der Waals surface area contributed by atoms with E-state index in [0.29, 0.717) is 13.1 Å². The Morgan fingerprint density at radius 3 is 2.74 bits per heavy atom. The third-order valence-corrected chi connectivity index (χ3v) is 3.12. The summed E-state index contributed by atoms with van der Waals surface area (Å²) < 4.78 is 7.58. The van der Waals surface area contributed by atoms with Crippen LogP contribution in [0.4, 0.5) is 4.79 Å². The SMILES string of the molecule is C[C@H](Cn1ccnc1)NC(=O)N1C[C@@H](C)O[C@@H](C)C1. The third-order valence-electron chi connectivity index (χ3n) is 3.12. The Hall–Kier alpha value is -1.56. The number of hydrogen-bond donors (Lipinski definition) is 1. The molecule has 1 aliphatic rings. The molecule has 1 aromatic heterocycles. The summed E-state index contributed by atoms with van der Waals surface area (Å²) in [5.41, 5.74) is 0. The van der Waals surface area contributed by atoms with Crippen molar-refractivity contribution in [3.63, 3.8) is 0 Å². The number of morpholine rings is 1. The molecule has 1 fully saturated rings. The van der Waals surface area contributed by atoms with E-state index in [1.165, 1.54) is 0 Å². The first-order valence-corrected chi connectivity index (χ1v) is 6.71. The summed E-state index contributed by atoms with van der Waals surface area (Å²) in [5.74, 6) is 0. The van der Waals surface area contributed by atoms with E-state index in [-0.39, 0.29) is 24.3 Å². The number of carbonyl (C=O) groups excluding carboxylic acids is 1. The van der Waals surface area contributed by atoms with E-state index in [0.717, 1.165) is 6.54 Å². The van der Waals surface area contributed by atoms with Gasteiger partial charge in [-0.1, -0.05) is 0 Å². The third kappa shape index (κ3) is 3.96. The quantitative estimate of drug-likeness (QED) is 0.891. The van der Waals surface area contributed by atoms with Crippen LogP contribution in [0.3, 0.4) is 0 Å². The van der Waals surface area contributed by atoms with Crippen LogP contribution in [-0.2, 0) is 11.3 Å². The first kappa shape index (κ1) is 13.9. The van der Waals surface area contributed by atoms with Crippen molar-refractivity contribution in [3.05, 3.63) is 18.7 Å². The highest BCUT2D eigenvalue weighted by atomic mass is 16.5. The van der Waals surface area contributed by atoms with Gasteiger partial charge >= 0.3 is 6.03 Å². The lowest BCUT2D eigenvalue weighted by molar-refractivity contribution is -0.0547. The van der Waals surface area contributed by atoms with Crippen LogP contribution < -0.4 is 5.32 Å². The fourth-order valence-electron chi connectivity index (χ4n) is 2.40. The van der Waals surface area contributed by atoms with Crippen LogP contribution in [0.15, 0.2) is 18.7 Å². The Bertz CT molecular complexity index is 397. The molecule has 0 aromatic carbocycles. The Kier molecular flexibility index (Phi) is 4.42. The fraction of sp³-hybridized carbons (Fsp3) is 0.692. The summed E-state index contributed by atoms with van der Waals surface area (Å²) in [6, 6.07) is 0.0461. The van der Waals surface area contributed by atoms with Crippen LogP contribution in [-0.4, -0.2) is 51.8 Å². The molecule has 3 atom stereocenters. The zero-order valence-electron chi connectivity index (χ0n) is 11.7. The molecule has 6 nitrogen and oxygen atoms in total. The van der Waals surface area contributed by atoms with Gasteiger partial charge in [-0.2, -0.15) is 0 Å². The predicted molar refractivity (Wildman–Crippen MR) is 71.8 cm³/mol. The summed E-state index contributed by atoms with van der Waals surface area (Å²) in [6.07, 6.45) is 5.57. The maximum atomic E-state index is 12.2. The molecule has 0 spiro atoms. The molecule has 1 saturated heterocycles. The maximum absolute atomic E-state index is 12.2. The van der Waals surface area contributed by atoms with E-state index in [1.54, 1.807) is 12.5 Å². The highest BCUT2D eigenvalue weighted by molar-refractivity contribution is 5.74. The van der Waals surface area contributed by atoms with Gasteiger partial charge in [0.1, 0.15) is 0 Å². The number of urea groups is 1. The molecule has 0 unspecified atom stereocenters. The molecule has 106 valence electrons. The summed E-state index contributed by atoms with van der Waals surface area (Å²) in [7, 11) is 0. The van der Waals surface area contributed by atoms with Gasteiger partial charge in [-0.05, 0) is 20.8 Å². The maximum Gasteiger partial charge on any atom is 0.317 e. The van der Waals surface area contributed by atoms with Crippen LogP contribution >= 0.6 is 0 Å². The van der Waals surface area contributed by atoms with Crippen LogP contribution in [0.5, 0.6) is 0 Å². The van der Waals surface area contributed by atoms with E-state index in [9.17, 15) is 4.79 Å². The first-order valence-electron chi connectivity index (χ1n) is 6.71. The molecule has 0 bridgehead atoms. The van der Waals surface area contributed by atoms with Crippen LogP contribution in [0, 0.1) is 0 Å². The smallest absolute Gasteiger partial charge is 0.317 e. The molecule has 0 aliphatic carbocycles. The molecule has 1 aromatic rings. The number of carbonyl (C=O) groups is 1. The average molecular weight is 266 g/mol. The Labute approximate surface area is 113 Å². The number of nitrogens with zero attached hydrogens (tertiary/aromatic N) is 3. The van der Waals surface area contributed by atoms with Gasteiger partial charge in [0, 0.05) is 38.1 Å².